The number of nitrogens with zero attached hydrogens (tertiary/aromatic N) is 1. The molecule has 0 bridgehead atoms. The van der Waals surface area contributed by atoms with Crippen LogP contribution in [0, 0.1) is 0 Å². The first kappa shape index (κ1) is 15.4. The molecule has 3 N–H and O–H groups in total. The minimum atomic E-state index is -3.50. The van der Waals surface area contributed by atoms with Gasteiger partial charge in [0.15, 0.2) is 0 Å². The summed E-state index contributed by atoms with van der Waals surface area (Å²) in [5.74, 6) is 0. The van der Waals surface area contributed by atoms with Crippen molar-refractivity contribution in [1.29, 1.82) is 0 Å². The summed E-state index contributed by atoms with van der Waals surface area (Å²) in [6, 6.07) is 6.94. The molecule has 7 heteroatoms. The Labute approximate surface area is 119 Å². The first-order valence-electron chi connectivity index (χ1n) is 6.76. The van der Waals surface area contributed by atoms with Gasteiger partial charge in [0.2, 0.25) is 0 Å². The molecular weight excluding hydrogens is 278 g/mol. The van der Waals surface area contributed by atoms with Crippen molar-refractivity contribution in [3.63, 3.8) is 0 Å². The van der Waals surface area contributed by atoms with Crippen LogP contribution < -0.4 is 10.6 Å². The lowest BCUT2D eigenvalue weighted by atomic mass is 10.1. The third kappa shape index (κ3) is 4.26. The molecule has 20 heavy (non-hydrogen) atoms. The van der Waals surface area contributed by atoms with E-state index in [-0.39, 0.29) is 4.90 Å². The number of benzene rings is 1. The molecule has 0 aromatic heterocycles. The van der Waals surface area contributed by atoms with E-state index in [1.165, 1.54) is 0 Å². The topological polar surface area (TPSA) is 84.7 Å². The fourth-order valence-electron chi connectivity index (χ4n) is 2.02. The van der Waals surface area contributed by atoms with Crippen molar-refractivity contribution in [2.24, 2.45) is 5.73 Å². The van der Waals surface area contributed by atoms with Gasteiger partial charge in [-0.25, -0.2) is 13.4 Å². The highest BCUT2D eigenvalue weighted by Crippen LogP contribution is 2.12. The van der Waals surface area contributed by atoms with Crippen molar-refractivity contribution >= 4 is 10.0 Å². The summed E-state index contributed by atoms with van der Waals surface area (Å²) in [5.41, 5.74) is 6.56. The Balaban J connectivity index is 2.01. The van der Waals surface area contributed by atoms with E-state index in [4.69, 9.17) is 10.5 Å². The first-order valence-corrected chi connectivity index (χ1v) is 8.24. The number of nitrogens with one attached hydrogen (secondary N) is 1. The van der Waals surface area contributed by atoms with E-state index in [1.807, 2.05) is 12.1 Å². The van der Waals surface area contributed by atoms with Crippen LogP contribution in [0.5, 0.6) is 0 Å². The molecule has 0 spiro atoms. The number of hydrazine groups is 1. The lowest BCUT2D eigenvalue weighted by molar-refractivity contribution is 0.0272. The van der Waals surface area contributed by atoms with E-state index in [0.29, 0.717) is 32.8 Å². The molecule has 1 fully saturated rings. The quantitative estimate of drug-likeness (QED) is 0.778. The maximum atomic E-state index is 12.2. The van der Waals surface area contributed by atoms with Crippen molar-refractivity contribution in [1.82, 2.24) is 9.84 Å². The molecule has 0 aliphatic carbocycles. The van der Waals surface area contributed by atoms with Crippen molar-refractivity contribution in [2.75, 3.05) is 32.8 Å². The van der Waals surface area contributed by atoms with Gasteiger partial charge >= 0.3 is 0 Å². The molecule has 1 aromatic carbocycles. The Bertz CT molecular complexity index is 510. The maximum Gasteiger partial charge on any atom is 0.253 e. The lowest BCUT2D eigenvalue weighted by Crippen LogP contribution is -2.48. The number of nitrogens with two attached hydrogens (primary N) is 1. The molecule has 0 saturated carbocycles. The van der Waals surface area contributed by atoms with Crippen LogP contribution in [0.2, 0.25) is 0 Å². The number of sulfonamides is 1. The van der Waals surface area contributed by atoms with E-state index in [9.17, 15) is 8.42 Å². The Morgan fingerprint density at radius 3 is 2.45 bits per heavy atom. The zero-order chi connectivity index (χ0) is 14.4. The second-order valence-corrected chi connectivity index (χ2v) is 6.39. The van der Waals surface area contributed by atoms with E-state index < -0.39 is 10.0 Å². The van der Waals surface area contributed by atoms with Crippen molar-refractivity contribution in [2.45, 2.75) is 17.7 Å². The monoisotopic (exact) mass is 299 g/mol. The number of morpholine rings is 1. The normalized spacial score (nSPS) is 17.2. The smallest absolute Gasteiger partial charge is 0.253 e. The molecule has 6 nitrogen and oxygen atoms in total. The van der Waals surface area contributed by atoms with Crippen LogP contribution in [0.3, 0.4) is 0 Å². The molecule has 1 saturated heterocycles. The largest absolute Gasteiger partial charge is 0.379 e. The van der Waals surface area contributed by atoms with Crippen molar-refractivity contribution in [3.8, 4) is 0 Å². The molecule has 2 rings (SSSR count). The third-order valence-electron chi connectivity index (χ3n) is 3.16. The molecule has 1 heterocycles. The van der Waals surface area contributed by atoms with E-state index in [2.05, 4.69) is 4.83 Å². The summed E-state index contributed by atoms with van der Waals surface area (Å²) < 4.78 is 29.6. The van der Waals surface area contributed by atoms with Crippen LogP contribution in [0.4, 0.5) is 0 Å². The Morgan fingerprint density at radius 1 is 1.20 bits per heavy atom. The van der Waals surface area contributed by atoms with Gasteiger partial charge in [-0.1, -0.05) is 12.1 Å². The highest BCUT2D eigenvalue weighted by molar-refractivity contribution is 7.89. The van der Waals surface area contributed by atoms with Gasteiger partial charge in [-0.3, -0.25) is 0 Å². The molecule has 1 aromatic rings. The molecular formula is C13H21N3O3S. The minimum absolute atomic E-state index is 0.278. The summed E-state index contributed by atoms with van der Waals surface area (Å²) in [6.07, 6.45) is 1.77. The van der Waals surface area contributed by atoms with Gasteiger partial charge in [0, 0.05) is 13.1 Å². The summed E-state index contributed by atoms with van der Waals surface area (Å²) >= 11 is 0. The van der Waals surface area contributed by atoms with Gasteiger partial charge in [0.1, 0.15) is 0 Å². The molecule has 112 valence electrons. The predicted molar refractivity (Wildman–Crippen MR) is 76.5 cm³/mol. The number of ether oxygens (including phenoxy) is 1. The number of hydrogen-bond donors (Lipinski definition) is 2. The summed E-state index contributed by atoms with van der Waals surface area (Å²) in [5, 5.41) is 1.67. The average molecular weight is 299 g/mol. The van der Waals surface area contributed by atoms with Crippen LogP contribution in [-0.2, 0) is 21.2 Å². The zero-order valence-electron chi connectivity index (χ0n) is 11.4. The molecule has 0 atom stereocenters. The van der Waals surface area contributed by atoms with E-state index in [0.717, 1.165) is 18.4 Å². The molecule has 0 radical (unpaired) electrons. The Kier molecular flexibility index (Phi) is 5.50. The highest BCUT2D eigenvalue weighted by Gasteiger charge is 2.19. The average Bonchev–Trinajstić information content (AvgIpc) is 2.46. The van der Waals surface area contributed by atoms with Gasteiger partial charge in [-0.05, 0) is 37.1 Å². The first-order chi connectivity index (χ1) is 9.62. The van der Waals surface area contributed by atoms with Crippen LogP contribution in [0.25, 0.3) is 0 Å². The van der Waals surface area contributed by atoms with E-state index in [1.54, 1.807) is 17.1 Å². The van der Waals surface area contributed by atoms with Crippen LogP contribution in [-0.4, -0.2) is 46.3 Å². The summed E-state index contributed by atoms with van der Waals surface area (Å²) in [7, 11) is -3.50. The van der Waals surface area contributed by atoms with Gasteiger partial charge in [0.05, 0.1) is 18.1 Å². The van der Waals surface area contributed by atoms with Gasteiger partial charge in [-0.2, -0.15) is 0 Å². The Hall–Kier alpha value is -0.990. The predicted octanol–water partition coefficient (Wildman–Crippen LogP) is 0.103. The van der Waals surface area contributed by atoms with Crippen molar-refractivity contribution < 1.29 is 13.2 Å². The molecule has 1 aliphatic rings. The summed E-state index contributed by atoms with van der Waals surface area (Å²) in [6.45, 7) is 2.85. The standard InChI is InChI=1S/C13H21N3O3S/c14-7-1-2-12-3-5-13(6-4-12)20(17,18)15-16-8-10-19-11-9-16/h3-6,15H,1-2,7-11,14H2. The maximum absolute atomic E-state index is 12.2. The summed E-state index contributed by atoms with van der Waals surface area (Å²) in [4.78, 5) is 2.86. The fourth-order valence-corrected chi connectivity index (χ4v) is 3.14. The van der Waals surface area contributed by atoms with Crippen LogP contribution in [0.1, 0.15) is 12.0 Å². The lowest BCUT2D eigenvalue weighted by Gasteiger charge is -2.26. The molecule has 1 aliphatic heterocycles. The van der Waals surface area contributed by atoms with Crippen LogP contribution in [0.15, 0.2) is 29.2 Å². The second-order valence-electron chi connectivity index (χ2n) is 4.73. The number of hydrogen-bond acceptors (Lipinski definition) is 5. The van der Waals surface area contributed by atoms with Gasteiger partial charge < -0.3 is 10.5 Å². The third-order valence-corrected chi connectivity index (χ3v) is 4.55. The van der Waals surface area contributed by atoms with Crippen molar-refractivity contribution in [3.05, 3.63) is 29.8 Å². The second kappa shape index (κ2) is 7.14. The van der Waals surface area contributed by atoms with Gasteiger partial charge in [0.25, 0.3) is 10.0 Å². The molecule has 0 unspecified atom stereocenters. The van der Waals surface area contributed by atoms with E-state index >= 15 is 0 Å². The zero-order valence-corrected chi connectivity index (χ0v) is 12.2. The highest BCUT2D eigenvalue weighted by atomic mass is 32.2. The van der Waals surface area contributed by atoms with Crippen LogP contribution >= 0.6 is 0 Å². The number of aryl methyl sites for hydroxylation is 1. The van der Waals surface area contributed by atoms with Gasteiger partial charge in [-0.15, -0.1) is 4.83 Å². The SMILES string of the molecule is NCCCc1ccc(S(=O)(=O)NN2CCOCC2)cc1. The Morgan fingerprint density at radius 2 is 1.85 bits per heavy atom. The minimum Gasteiger partial charge on any atom is -0.379 e. The fraction of sp³-hybridized carbons (Fsp3) is 0.538. The number of rotatable bonds is 6. The molecule has 0 amide bonds.